The third-order valence-electron chi connectivity index (χ3n) is 3.71. The van der Waals surface area contributed by atoms with Gasteiger partial charge in [-0.25, -0.2) is 4.98 Å². The summed E-state index contributed by atoms with van der Waals surface area (Å²) in [6.07, 6.45) is 2.87. The van der Waals surface area contributed by atoms with Crippen LogP contribution in [0.4, 0.5) is 0 Å². The molecule has 0 saturated carbocycles. The lowest BCUT2D eigenvalue weighted by molar-refractivity contribution is 0.0518. The van der Waals surface area contributed by atoms with E-state index >= 15 is 0 Å². The molecule has 7 nitrogen and oxygen atoms in total. The van der Waals surface area contributed by atoms with E-state index in [1.165, 1.54) is 18.5 Å². The molecule has 0 aliphatic carbocycles. The maximum absolute atomic E-state index is 12.4. The van der Waals surface area contributed by atoms with Crippen LogP contribution in [0.15, 0.2) is 41.1 Å². The fourth-order valence-corrected chi connectivity index (χ4v) is 2.44. The number of nitriles is 1. The van der Waals surface area contributed by atoms with E-state index in [1.807, 2.05) is 6.07 Å². The number of hydrogen-bond acceptors (Lipinski definition) is 5. The van der Waals surface area contributed by atoms with E-state index in [0.717, 1.165) is 0 Å². The van der Waals surface area contributed by atoms with Crippen molar-refractivity contribution in [3.63, 3.8) is 0 Å². The van der Waals surface area contributed by atoms with Gasteiger partial charge in [-0.2, -0.15) is 5.26 Å². The zero-order valence-corrected chi connectivity index (χ0v) is 12.3. The van der Waals surface area contributed by atoms with Crippen LogP contribution in [0.1, 0.15) is 26.6 Å². The van der Waals surface area contributed by atoms with Crippen LogP contribution in [0.3, 0.4) is 0 Å². The van der Waals surface area contributed by atoms with Gasteiger partial charge in [0.1, 0.15) is 11.8 Å². The number of amides is 2. The van der Waals surface area contributed by atoms with Gasteiger partial charge in [-0.1, -0.05) is 0 Å². The highest BCUT2D eigenvalue weighted by atomic mass is 16.3. The van der Waals surface area contributed by atoms with Crippen molar-refractivity contribution in [1.82, 2.24) is 14.8 Å². The molecule has 23 heavy (non-hydrogen) atoms. The number of aromatic nitrogens is 1. The Hall–Kier alpha value is -3.14. The third kappa shape index (κ3) is 3.06. The van der Waals surface area contributed by atoms with E-state index in [0.29, 0.717) is 37.5 Å². The maximum atomic E-state index is 12.4. The number of rotatable bonds is 2. The molecule has 1 aliphatic heterocycles. The molecule has 0 radical (unpaired) electrons. The van der Waals surface area contributed by atoms with E-state index in [4.69, 9.17) is 9.68 Å². The number of piperazine rings is 1. The van der Waals surface area contributed by atoms with Crippen LogP contribution in [-0.4, -0.2) is 52.8 Å². The molecule has 0 aromatic carbocycles. The Kier molecular flexibility index (Phi) is 4.06. The molecule has 2 aromatic rings. The quantitative estimate of drug-likeness (QED) is 0.829. The monoisotopic (exact) mass is 310 g/mol. The standard InChI is InChI=1S/C16H14N4O3/c17-10-13-4-3-12(11-18-13)15(21)19-5-7-20(8-6-19)16(22)14-2-1-9-23-14/h1-4,9,11H,5-8H2. The largest absolute Gasteiger partial charge is 0.459 e. The lowest BCUT2D eigenvalue weighted by atomic mass is 10.2. The van der Waals surface area contributed by atoms with Crippen LogP contribution < -0.4 is 0 Å². The highest BCUT2D eigenvalue weighted by Crippen LogP contribution is 2.12. The molecular formula is C16H14N4O3. The predicted octanol–water partition coefficient (Wildman–Crippen LogP) is 1.14. The van der Waals surface area contributed by atoms with Crippen molar-refractivity contribution in [2.75, 3.05) is 26.2 Å². The number of hydrogen-bond donors (Lipinski definition) is 0. The molecule has 0 unspecified atom stereocenters. The van der Waals surface area contributed by atoms with Crippen LogP contribution in [0, 0.1) is 11.3 Å². The van der Waals surface area contributed by atoms with Crippen LogP contribution in [-0.2, 0) is 0 Å². The molecule has 0 atom stereocenters. The Balaban J connectivity index is 1.61. The molecule has 3 rings (SSSR count). The Morgan fingerprint density at radius 3 is 2.30 bits per heavy atom. The first kappa shape index (κ1) is 14.8. The van der Waals surface area contributed by atoms with Crippen LogP contribution in [0.25, 0.3) is 0 Å². The van der Waals surface area contributed by atoms with Gasteiger partial charge < -0.3 is 14.2 Å². The highest BCUT2D eigenvalue weighted by Gasteiger charge is 2.26. The minimum Gasteiger partial charge on any atom is -0.459 e. The molecule has 1 saturated heterocycles. The molecule has 2 aromatic heterocycles. The first-order valence-corrected chi connectivity index (χ1v) is 7.17. The average molecular weight is 310 g/mol. The molecule has 3 heterocycles. The van der Waals surface area contributed by atoms with E-state index in [-0.39, 0.29) is 17.5 Å². The number of pyridine rings is 1. The molecule has 1 aliphatic rings. The van der Waals surface area contributed by atoms with E-state index in [9.17, 15) is 9.59 Å². The summed E-state index contributed by atoms with van der Waals surface area (Å²) in [5.41, 5.74) is 0.713. The molecule has 2 amide bonds. The molecule has 0 bridgehead atoms. The van der Waals surface area contributed by atoms with E-state index < -0.39 is 0 Å². The SMILES string of the molecule is N#Cc1ccc(C(=O)N2CCN(C(=O)c3ccco3)CC2)cn1. The molecule has 0 spiro atoms. The lowest BCUT2D eigenvalue weighted by Crippen LogP contribution is -2.50. The van der Waals surface area contributed by atoms with Gasteiger partial charge in [-0.15, -0.1) is 0 Å². The maximum Gasteiger partial charge on any atom is 0.289 e. The van der Waals surface area contributed by atoms with E-state index in [2.05, 4.69) is 4.98 Å². The van der Waals surface area contributed by atoms with Crippen molar-refractivity contribution in [3.05, 3.63) is 53.7 Å². The van der Waals surface area contributed by atoms with Crippen molar-refractivity contribution in [3.8, 4) is 6.07 Å². The van der Waals surface area contributed by atoms with Crippen molar-refractivity contribution in [2.45, 2.75) is 0 Å². The Morgan fingerprint density at radius 1 is 1.09 bits per heavy atom. The van der Waals surface area contributed by atoms with E-state index in [1.54, 1.807) is 28.0 Å². The number of carbonyl (C=O) groups excluding carboxylic acids is 2. The second kappa shape index (κ2) is 6.32. The summed E-state index contributed by atoms with van der Waals surface area (Å²) in [5.74, 6) is -0.00436. The zero-order chi connectivity index (χ0) is 16.2. The fraction of sp³-hybridized carbons (Fsp3) is 0.250. The average Bonchev–Trinajstić information content (AvgIpc) is 3.15. The fourth-order valence-electron chi connectivity index (χ4n) is 2.44. The lowest BCUT2D eigenvalue weighted by Gasteiger charge is -2.34. The van der Waals surface area contributed by atoms with Gasteiger partial charge in [0.15, 0.2) is 5.76 Å². The topological polar surface area (TPSA) is 90.4 Å². The van der Waals surface area contributed by atoms with Crippen LogP contribution >= 0.6 is 0 Å². The molecular weight excluding hydrogens is 296 g/mol. The van der Waals surface area contributed by atoms with Crippen molar-refractivity contribution in [2.24, 2.45) is 0 Å². The summed E-state index contributed by atoms with van der Waals surface area (Å²) in [7, 11) is 0. The first-order valence-electron chi connectivity index (χ1n) is 7.17. The summed E-state index contributed by atoms with van der Waals surface area (Å²) in [6.45, 7) is 1.81. The summed E-state index contributed by atoms with van der Waals surface area (Å²) in [4.78, 5) is 31.8. The smallest absolute Gasteiger partial charge is 0.289 e. The Bertz CT molecular complexity index is 739. The first-order chi connectivity index (χ1) is 11.2. The zero-order valence-electron chi connectivity index (χ0n) is 12.3. The number of furan rings is 1. The summed E-state index contributed by atoms with van der Waals surface area (Å²) in [5, 5.41) is 8.72. The summed E-state index contributed by atoms with van der Waals surface area (Å²) < 4.78 is 5.11. The minimum atomic E-state index is -0.165. The van der Waals surface area contributed by atoms with Crippen molar-refractivity contribution >= 4 is 11.8 Å². The van der Waals surface area contributed by atoms with Crippen molar-refractivity contribution in [1.29, 1.82) is 5.26 Å². The van der Waals surface area contributed by atoms with Gasteiger partial charge in [0.25, 0.3) is 11.8 Å². The Morgan fingerprint density at radius 2 is 1.78 bits per heavy atom. The number of carbonyl (C=O) groups is 2. The molecule has 1 fully saturated rings. The van der Waals surface area contributed by atoms with Gasteiger partial charge >= 0.3 is 0 Å². The second-order valence-electron chi connectivity index (χ2n) is 5.11. The van der Waals surface area contributed by atoms with Crippen LogP contribution in [0.5, 0.6) is 0 Å². The second-order valence-corrected chi connectivity index (χ2v) is 5.11. The summed E-state index contributed by atoms with van der Waals surface area (Å²) in [6, 6.07) is 8.32. The minimum absolute atomic E-state index is 0.146. The summed E-state index contributed by atoms with van der Waals surface area (Å²) >= 11 is 0. The predicted molar refractivity (Wildman–Crippen MR) is 79.5 cm³/mol. The van der Waals surface area contributed by atoms with Crippen LogP contribution in [0.2, 0.25) is 0 Å². The van der Waals surface area contributed by atoms with Crippen molar-refractivity contribution < 1.29 is 14.0 Å². The third-order valence-corrected chi connectivity index (χ3v) is 3.71. The van der Waals surface area contributed by atoms with Gasteiger partial charge in [0, 0.05) is 32.4 Å². The molecule has 0 N–H and O–H groups in total. The van der Waals surface area contributed by atoms with Gasteiger partial charge in [-0.05, 0) is 24.3 Å². The molecule has 7 heteroatoms. The van der Waals surface area contributed by atoms with Gasteiger partial charge in [0.05, 0.1) is 11.8 Å². The number of nitrogens with zero attached hydrogens (tertiary/aromatic N) is 4. The van der Waals surface area contributed by atoms with Gasteiger partial charge in [0.2, 0.25) is 0 Å². The normalized spacial score (nSPS) is 14.4. The highest BCUT2D eigenvalue weighted by molar-refractivity contribution is 5.94. The van der Waals surface area contributed by atoms with Gasteiger partial charge in [-0.3, -0.25) is 9.59 Å². The molecule has 116 valence electrons. The Labute approximate surface area is 132 Å².